The first-order chi connectivity index (χ1) is 14.7. The predicted molar refractivity (Wildman–Crippen MR) is 121 cm³/mol. The molecule has 5 heteroatoms. The van der Waals surface area contributed by atoms with Crippen molar-refractivity contribution in [2.75, 3.05) is 26.2 Å². The Morgan fingerprint density at radius 3 is 2.40 bits per heavy atom. The van der Waals surface area contributed by atoms with Crippen molar-refractivity contribution in [2.24, 2.45) is 0 Å². The molecule has 1 saturated carbocycles. The van der Waals surface area contributed by atoms with Crippen LogP contribution in [0.15, 0.2) is 42.6 Å². The molecule has 30 heavy (non-hydrogen) atoms. The van der Waals surface area contributed by atoms with Crippen molar-refractivity contribution >= 4 is 17.5 Å². The molecule has 2 fully saturated rings. The van der Waals surface area contributed by atoms with Crippen LogP contribution in [-0.4, -0.2) is 52.5 Å². The Morgan fingerprint density at radius 2 is 1.63 bits per heavy atom. The van der Waals surface area contributed by atoms with E-state index in [0.29, 0.717) is 18.0 Å². The molecule has 0 N–H and O–H groups in total. The maximum atomic E-state index is 13.1. The van der Waals surface area contributed by atoms with E-state index in [9.17, 15) is 4.79 Å². The molecule has 4 nitrogen and oxygen atoms in total. The van der Waals surface area contributed by atoms with E-state index < -0.39 is 0 Å². The summed E-state index contributed by atoms with van der Waals surface area (Å²) < 4.78 is 2.25. The molecule has 160 valence electrons. The van der Waals surface area contributed by atoms with Gasteiger partial charge in [0.15, 0.2) is 0 Å². The number of rotatable bonds is 5. The zero-order chi connectivity index (χ0) is 20.5. The van der Waals surface area contributed by atoms with E-state index in [1.165, 1.54) is 37.7 Å². The summed E-state index contributed by atoms with van der Waals surface area (Å²) >= 11 is 6.03. The number of carbonyl (C=O) groups is 1. The Morgan fingerprint density at radius 1 is 0.900 bits per heavy atom. The number of benzene rings is 1. The first-order valence-corrected chi connectivity index (χ1v) is 12.0. The van der Waals surface area contributed by atoms with Crippen LogP contribution in [0, 0.1) is 0 Å². The maximum absolute atomic E-state index is 13.1. The minimum absolute atomic E-state index is 0.240. The number of hydrogen-bond acceptors (Lipinski definition) is 2. The average molecular weight is 426 g/mol. The van der Waals surface area contributed by atoms with Gasteiger partial charge in [-0.2, -0.15) is 0 Å². The third kappa shape index (κ3) is 3.92. The summed E-state index contributed by atoms with van der Waals surface area (Å²) in [4.78, 5) is 17.9. The highest BCUT2D eigenvalue weighted by Gasteiger charge is 2.40. The molecule has 2 aliphatic heterocycles. The number of aromatic nitrogens is 1. The minimum atomic E-state index is 0.240. The minimum Gasteiger partial charge on any atom is -0.338 e. The first-order valence-electron chi connectivity index (χ1n) is 11.7. The summed E-state index contributed by atoms with van der Waals surface area (Å²) in [6.07, 6.45) is 10.5. The van der Waals surface area contributed by atoms with Crippen molar-refractivity contribution < 1.29 is 4.79 Å². The molecule has 0 radical (unpaired) electrons. The zero-order valence-electron chi connectivity index (χ0n) is 17.7. The molecular formula is C25H32ClN3O. The van der Waals surface area contributed by atoms with Crippen LogP contribution in [0.4, 0.5) is 0 Å². The largest absolute Gasteiger partial charge is 0.338 e. The van der Waals surface area contributed by atoms with Crippen LogP contribution in [-0.2, 0) is 0 Å². The number of piperidine rings is 1. The Kier molecular flexibility index (Phi) is 5.88. The molecule has 1 aromatic carbocycles. The third-order valence-corrected chi connectivity index (χ3v) is 7.76. The van der Waals surface area contributed by atoms with Crippen LogP contribution in [0.2, 0.25) is 5.02 Å². The Hall–Kier alpha value is -1.78. The summed E-state index contributed by atoms with van der Waals surface area (Å²) in [5.74, 6) is 0.891. The zero-order valence-corrected chi connectivity index (χ0v) is 18.4. The number of likely N-dealkylation sites (tertiary alicyclic amines) is 1. The summed E-state index contributed by atoms with van der Waals surface area (Å²) in [5, 5.41) is 0.816. The Labute approximate surface area is 184 Å². The number of carbonyl (C=O) groups excluding carboxylic acids is 1. The monoisotopic (exact) mass is 425 g/mol. The van der Waals surface area contributed by atoms with E-state index in [4.69, 9.17) is 11.6 Å². The number of nitrogens with zero attached hydrogens (tertiary/aromatic N) is 3. The van der Waals surface area contributed by atoms with Gasteiger partial charge in [-0.15, -0.1) is 0 Å². The van der Waals surface area contributed by atoms with Crippen LogP contribution in [0.5, 0.6) is 0 Å². The predicted octanol–water partition coefficient (Wildman–Crippen LogP) is 5.35. The molecule has 0 spiro atoms. The lowest BCUT2D eigenvalue weighted by Gasteiger charge is -2.45. The number of fused-ring (bicyclic) bond motifs is 3. The van der Waals surface area contributed by atoms with Gasteiger partial charge in [-0.25, -0.2) is 0 Å². The quantitative estimate of drug-likeness (QED) is 0.645. The standard InChI is InChI=1S/C25H32ClN3O/c26-21-10-8-19(9-11-21)20-12-17-27(18-13-20)14-4-16-29-23-6-2-1-5-22(23)28-15-3-7-24(28)25(29)30/h3,7-11,15,20,22-23H,1-2,4-6,12-14,16-18H2. The topological polar surface area (TPSA) is 28.5 Å². The highest BCUT2D eigenvalue weighted by molar-refractivity contribution is 6.30. The second kappa shape index (κ2) is 8.76. The molecule has 0 bridgehead atoms. The average Bonchev–Trinajstić information content (AvgIpc) is 3.28. The van der Waals surface area contributed by atoms with Gasteiger partial charge in [0.25, 0.3) is 5.91 Å². The second-order valence-electron chi connectivity index (χ2n) is 9.24. The van der Waals surface area contributed by atoms with Crippen molar-refractivity contribution in [1.82, 2.24) is 14.4 Å². The van der Waals surface area contributed by atoms with Crippen LogP contribution < -0.4 is 0 Å². The molecule has 3 heterocycles. The molecule has 2 aromatic rings. The lowest BCUT2D eigenvalue weighted by molar-refractivity contribution is 0.0422. The van der Waals surface area contributed by atoms with Crippen LogP contribution in [0.1, 0.15) is 73.0 Å². The molecule has 1 amide bonds. The van der Waals surface area contributed by atoms with Gasteiger partial charge >= 0.3 is 0 Å². The van der Waals surface area contributed by atoms with Crippen molar-refractivity contribution in [1.29, 1.82) is 0 Å². The summed E-state index contributed by atoms with van der Waals surface area (Å²) in [6.45, 7) is 4.28. The fourth-order valence-electron chi connectivity index (χ4n) is 5.90. The van der Waals surface area contributed by atoms with E-state index in [1.807, 2.05) is 24.3 Å². The van der Waals surface area contributed by atoms with E-state index in [-0.39, 0.29) is 5.91 Å². The van der Waals surface area contributed by atoms with E-state index >= 15 is 0 Å². The van der Waals surface area contributed by atoms with Gasteiger partial charge in [0.1, 0.15) is 5.69 Å². The third-order valence-electron chi connectivity index (χ3n) is 7.51. The van der Waals surface area contributed by atoms with Gasteiger partial charge in [-0.1, -0.05) is 36.6 Å². The van der Waals surface area contributed by atoms with E-state index in [1.54, 1.807) is 0 Å². The summed E-state index contributed by atoms with van der Waals surface area (Å²) in [7, 11) is 0. The summed E-state index contributed by atoms with van der Waals surface area (Å²) in [6, 6.07) is 13.3. The van der Waals surface area contributed by atoms with Gasteiger partial charge < -0.3 is 14.4 Å². The SMILES string of the molecule is O=C1c2cccn2C2CCCCC2N1CCCN1CCC(c2ccc(Cl)cc2)CC1. The van der Waals surface area contributed by atoms with Crippen molar-refractivity contribution in [3.63, 3.8) is 0 Å². The fourth-order valence-corrected chi connectivity index (χ4v) is 6.02. The van der Waals surface area contributed by atoms with E-state index in [0.717, 1.165) is 49.7 Å². The maximum Gasteiger partial charge on any atom is 0.270 e. The lowest BCUT2D eigenvalue weighted by Crippen LogP contribution is -2.52. The normalized spacial score (nSPS) is 25.2. The first kappa shape index (κ1) is 20.1. The van der Waals surface area contributed by atoms with Gasteiger partial charge in [-0.3, -0.25) is 4.79 Å². The van der Waals surface area contributed by atoms with Crippen molar-refractivity contribution in [2.45, 2.75) is 62.9 Å². The molecule has 1 saturated heterocycles. The molecule has 5 rings (SSSR count). The highest BCUT2D eigenvalue weighted by atomic mass is 35.5. The smallest absolute Gasteiger partial charge is 0.270 e. The molecule has 1 aliphatic carbocycles. The highest BCUT2D eigenvalue weighted by Crippen LogP contribution is 2.38. The molecule has 3 aliphatic rings. The lowest BCUT2D eigenvalue weighted by atomic mass is 9.87. The molecule has 2 atom stereocenters. The van der Waals surface area contributed by atoms with Gasteiger partial charge in [-0.05, 0) is 87.5 Å². The number of hydrogen-bond donors (Lipinski definition) is 0. The van der Waals surface area contributed by atoms with E-state index in [2.05, 4.69) is 32.7 Å². The van der Waals surface area contributed by atoms with Crippen molar-refractivity contribution in [3.05, 3.63) is 58.9 Å². The summed E-state index contributed by atoms with van der Waals surface area (Å²) in [5.41, 5.74) is 2.31. The molecular weight excluding hydrogens is 394 g/mol. The number of halogens is 1. The van der Waals surface area contributed by atoms with Crippen LogP contribution in [0.25, 0.3) is 0 Å². The van der Waals surface area contributed by atoms with Crippen LogP contribution in [0.3, 0.4) is 0 Å². The van der Waals surface area contributed by atoms with Crippen molar-refractivity contribution in [3.8, 4) is 0 Å². The Bertz CT molecular complexity index is 869. The van der Waals surface area contributed by atoms with Crippen LogP contribution >= 0.6 is 11.6 Å². The van der Waals surface area contributed by atoms with Gasteiger partial charge in [0.05, 0.1) is 12.1 Å². The van der Waals surface area contributed by atoms with Gasteiger partial charge in [0.2, 0.25) is 0 Å². The molecule has 2 unspecified atom stereocenters. The fraction of sp³-hybridized carbons (Fsp3) is 0.560. The second-order valence-corrected chi connectivity index (χ2v) is 9.68. The number of amides is 1. The Balaban J connectivity index is 1.14. The molecule has 1 aromatic heterocycles. The van der Waals surface area contributed by atoms with Gasteiger partial charge in [0, 0.05) is 17.8 Å².